The fourth-order valence-corrected chi connectivity index (χ4v) is 2.79. The van der Waals surface area contributed by atoms with Crippen LogP contribution in [0.3, 0.4) is 0 Å². The van der Waals surface area contributed by atoms with Crippen molar-refractivity contribution >= 4 is 40.8 Å². The van der Waals surface area contributed by atoms with Crippen molar-refractivity contribution in [3.05, 3.63) is 0 Å². The predicted octanol–water partition coefficient (Wildman–Crippen LogP) is 0.829. The van der Waals surface area contributed by atoms with Crippen molar-refractivity contribution < 1.29 is 38.1 Å². The lowest BCUT2D eigenvalue weighted by atomic mass is 9.97. The van der Waals surface area contributed by atoms with E-state index in [2.05, 4.69) is 0 Å². The Labute approximate surface area is 134 Å². The Morgan fingerprint density at radius 1 is 1.27 bits per heavy atom. The number of ether oxygens (including phenoxy) is 1. The number of aliphatic carboxylic acids is 2. The number of hydrogen-bond acceptors (Lipinski definition) is 6. The Hall–Kier alpha value is -1.13. The van der Waals surface area contributed by atoms with Crippen LogP contribution in [0.15, 0.2) is 0 Å². The van der Waals surface area contributed by atoms with E-state index in [0.717, 1.165) is 11.8 Å². The zero-order chi connectivity index (χ0) is 17.3. The van der Waals surface area contributed by atoms with Gasteiger partial charge in [0.2, 0.25) is 0 Å². The molecular formula is C12H20O8S2. The van der Waals surface area contributed by atoms with E-state index < -0.39 is 46.1 Å². The summed E-state index contributed by atoms with van der Waals surface area (Å²) in [6, 6.07) is 0. The van der Waals surface area contributed by atoms with Gasteiger partial charge in [-0.2, -0.15) is 0 Å². The fourth-order valence-electron chi connectivity index (χ4n) is 1.29. The number of carbonyl (C=O) groups excluding carboxylic acids is 1. The molecule has 0 aliphatic heterocycles. The van der Waals surface area contributed by atoms with E-state index in [0.29, 0.717) is 0 Å². The molecule has 3 N–H and O–H groups in total. The van der Waals surface area contributed by atoms with Crippen LogP contribution >= 0.6 is 11.8 Å². The Morgan fingerprint density at radius 2 is 1.86 bits per heavy atom. The first-order chi connectivity index (χ1) is 10.1. The van der Waals surface area contributed by atoms with Crippen molar-refractivity contribution in [3.8, 4) is 0 Å². The molecular weight excluding hydrogens is 336 g/mol. The Kier molecular flexibility index (Phi) is 9.30. The molecule has 0 saturated heterocycles. The van der Waals surface area contributed by atoms with Gasteiger partial charge in [-0.1, -0.05) is 0 Å². The maximum Gasteiger partial charge on any atom is 0.317 e. The molecule has 0 aromatic rings. The minimum atomic E-state index is -1.94. The van der Waals surface area contributed by atoms with Crippen molar-refractivity contribution in [3.63, 3.8) is 0 Å². The third-order valence-corrected chi connectivity index (χ3v) is 4.83. The molecule has 0 fully saturated rings. The molecule has 0 aliphatic rings. The second-order valence-electron chi connectivity index (χ2n) is 5.13. The highest BCUT2D eigenvalue weighted by atomic mass is 32.2. The van der Waals surface area contributed by atoms with E-state index >= 15 is 0 Å². The van der Waals surface area contributed by atoms with Gasteiger partial charge in [-0.15, -0.1) is 11.8 Å². The summed E-state index contributed by atoms with van der Waals surface area (Å²) in [5.41, 5.74) is -0.991. The van der Waals surface area contributed by atoms with Crippen LogP contribution in [0, 0.1) is 5.41 Å². The highest BCUT2D eigenvalue weighted by Crippen LogP contribution is 2.27. The first-order valence-electron chi connectivity index (χ1n) is 6.37. The number of thioether (sulfide) groups is 1. The summed E-state index contributed by atoms with van der Waals surface area (Å²) in [6.45, 7) is 3.12. The summed E-state index contributed by atoms with van der Waals surface area (Å²) in [5.74, 6) is -2.95. The molecule has 10 heteroatoms. The van der Waals surface area contributed by atoms with Crippen LogP contribution in [-0.4, -0.2) is 60.2 Å². The third kappa shape index (κ3) is 9.00. The van der Waals surface area contributed by atoms with Crippen LogP contribution in [-0.2, 0) is 30.2 Å². The summed E-state index contributed by atoms with van der Waals surface area (Å²) >= 11 is -1.07. The second kappa shape index (κ2) is 9.80. The molecule has 0 heterocycles. The van der Waals surface area contributed by atoms with Crippen molar-refractivity contribution in [2.24, 2.45) is 5.41 Å². The number of hydrogen-bond donors (Lipinski definition) is 3. The van der Waals surface area contributed by atoms with Crippen molar-refractivity contribution in [1.29, 1.82) is 0 Å². The van der Waals surface area contributed by atoms with Gasteiger partial charge in [0.25, 0.3) is 0 Å². The molecule has 2 unspecified atom stereocenters. The summed E-state index contributed by atoms with van der Waals surface area (Å²) in [4.78, 5) is 33.4. The molecule has 0 radical (unpaired) electrons. The number of carboxylic acid groups (broad SMARTS) is 2. The number of rotatable bonds is 11. The Morgan fingerprint density at radius 3 is 2.32 bits per heavy atom. The highest BCUT2D eigenvalue weighted by Gasteiger charge is 2.32. The molecule has 2 atom stereocenters. The van der Waals surface area contributed by atoms with E-state index in [-0.39, 0.29) is 24.5 Å². The summed E-state index contributed by atoms with van der Waals surface area (Å²) in [7, 11) is 0. The molecule has 0 aromatic carbocycles. The average molecular weight is 356 g/mol. The predicted molar refractivity (Wildman–Crippen MR) is 81.1 cm³/mol. The van der Waals surface area contributed by atoms with Gasteiger partial charge in [0.15, 0.2) is 11.1 Å². The smallest absolute Gasteiger partial charge is 0.317 e. The molecule has 0 bridgehead atoms. The average Bonchev–Trinajstić information content (AvgIpc) is 2.38. The minimum Gasteiger partial charge on any atom is -0.481 e. The second-order valence-corrected chi connectivity index (χ2v) is 7.38. The first kappa shape index (κ1) is 20.9. The molecule has 0 spiro atoms. The topological polar surface area (TPSA) is 138 Å². The van der Waals surface area contributed by atoms with Gasteiger partial charge < -0.3 is 19.5 Å². The standard InChI is InChI=1S/C12H20O8S2/c1-12(2,11(17)20-4-3-5-22(18)19)7-21-8(10(15)16)6-9(13)14/h8H,3-7H2,1-2H3,(H,13,14)(H,15,16)(H,18,19). The molecule has 0 aromatic heterocycles. The lowest BCUT2D eigenvalue weighted by molar-refractivity contribution is -0.152. The molecule has 22 heavy (non-hydrogen) atoms. The van der Waals surface area contributed by atoms with Crippen LogP contribution in [0.1, 0.15) is 26.7 Å². The number of carboxylic acids is 2. The molecule has 0 aliphatic carbocycles. The number of esters is 1. The maximum absolute atomic E-state index is 11.9. The van der Waals surface area contributed by atoms with Crippen LogP contribution in [0.25, 0.3) is 0 Å². The van der Waals surface area contributed by atoms with E-state index in [9.17, 15) is 18.6 Å². The van der Waals surface area contributed by atoms with E-state index in [1.807, 2.05) is 0 Å². The quantitative estimate of drug-likeness (QED) is 0.279. The molecule has 0 saturated carbocycles. The van der Waals surface area contributed by atoms with Gasteiger partial charge in [-0.3, -0.25) is 14.4 Å². The van der Waals surface area contributed by atoms with Gasteiger partial charge >= 0.3 is 17.9 Å². The fraction of sp³-hybridized carbons (Fsp3) is 0.750. The van der Waals surface area contributed by atoms with Crippen LogP contribution in [0.2, 0.25) is 0 Å². The molecule has 0 amide bonds. The van der Waals surface area contributed by atoms with E-state index in [1.54, 1.807) is 13.8 Å². The normalized spacial score (nSPS) is 14.1. The SMILES string of the molecule is CC(C)(CSC(CC(=O)O)C(=O)O)C(=O)OCCCS(=O)O. The monoisotopic (exact) mass is 356 g/mol. The zero-order valence-corrected chi connectivity index (χ0v) is 13.9. The largest absolute Gasteiger partial charge is 0.481 e. The minimum absolute atomic E-state index is 0.00214. The van der Waals surface area contributed by atoms with E-state index in [1.165, 1.54) is 0 Å². The van der Waals surface area contributed by atoms with Crippen molar-refractivity contribution in [2.75, 3.05) is 18.1 Å². The Balaban J connectivity index is 4.35. The summed E-state index contributed by atoms with van der Waals surface area (Å²) in [5, 5.41) is 16.4. The lowest BCUT2D eigenvalue weighted by Crippen LogP contribution is -2.32. The van der Waals surface area contributed by atoms with Crippen LogP contribution in [0.5, 0.6) is 0 Å². The molecule has 128 valence electrons. The Bertz CT molecular complexity index is 435. The number of carbonyl (C=O) groups is 3. The first-order valence-corrected chi connectivity index (χ1v) is 8.69. The zero-order valence-electron chi connectivity index (χ0n) is 12.3. The van der Waals surface area contributed by atoms with Crippen molar-refractivity contribution in [1.82, 2.24) is 0 Å². The third-order valence-electron chi connectivity index (χ3n) is 2.53. The van der Waals surface area contributed by atoms with Crippen LogP contribution < -0.4 is 0 Å². The molecule has 0 rings (SSSR count). The summed E-state index contributed by atoms with van der Waals surface area (Å²) < 4.78 is 24.0. The van der Waals surface area contributed by atoms with Crippen LogP contribution in [0.4, 0.5) is 0 Å². The van der Waals surface area contributed by atoms with Gasteiger partial charge in [-0.05, 0) is 20.3 Å². The molecule has 8 nitrogen and oxygen atoms in total. The van der Waals surface area contributed by atoms with Gasteiger partial charge in [0.05, 0.1) is 24.2 Å². The highest BCUT2D eigenvalue weighted by molar-refractivity contribution is 8.00. The maximum atomic E-state index is 11.9. The van der Waals surface area contributed by atoms with Gasteiger partial charge in [0, 0.05) is 5.75 Å². The summed E-state index contributed by atoms with van der Waals surface area (Å²) in [6.07, 6.45) is -0.289. The van der Waals surface area contributed by atoms with Gasteiger partial charge in [-0.25, -0.2) is 4.21 Å². The van der Waals surface area contributed by atoms with E-state index in [4.69, 9.17) is 19.5 Å². The van der Waals surface area contributed by atoms with Gasteiger partial charge in [0.1, 0.15) is 5.25 Å². The lowest BCUT2D eigenvalue weighted by Gasteiger charge is -2.23. The van der Waals surface area contributed by atoms with Crippen molar-refractivity contribution in [2.45, 2.75) is 31.9 Å².